The zero-order valence-corrected chi connectivity index (χ0v) is 26.1. The van der Waals surface area contributed by atoms with Crippen molar-refractivity contribution in [1.82, 2.24) is 9.97 Å². The van der Waals surface area contributed by atoms with Gasteiger partial charge in [0.15, 0.2) is 23.3 Å². The molecule has 0 unspecified atom stereocenters. The molecule has 0 aliphatic heterocycles. The maximum atomic E-state index is 14.0. The number of carbonyl (C=O) groups is 3. The van der Waals surface area contributed by atoms with Gasteiger partial charge in [0.05, 0.1) is 6.04 Å². The molecular formula is C30H19F14N5O5. The number of carboxylic acid groups (broad SMARTS) is 2. The van der Waals surface area contributed by atoms with E-state index in [1.165, 1.54) is 12.1 Å². The highest BCUT2D eigenvalue weighted by Crippen LogP contribution is 2.20. The Morgan fingerprint density at radius 2 is 0.981 bits per heavy atom. The van der Waals surface area contributed by atoms with E-state index in [1.54, 1.807) is 0 Å². The fraction of sp³-hybridized carbons (Fsp3) is 0.233. The quantitative estimate of drug-likeness (QED) is 0.0988. The van der Waals surface area contributed by atoms with Crippen LogP contribution in [-0.2, 0) is 14.4 Å². The van der Waals surface area contributed by atoms with Crippen molar-refractivity contribution in [3.05, 3.63) is 87.5 Å². The Bertz CT molecular complexity index is 1830. The van der Waals surface area contributed by atoms with Crippen LogP contribution in [-0.4, -0.2) is 63.0 Å². The van der Waals surface area contributed by atoms with Crippen molar-refractivity contribution >= 4 is 23.5 Å². The summed E-state index contributed by atoms with van der Waals surface area (Å²) < 4.78 is 173. The fourth-order valence-corrected chi connectivity index (χ4v) is 3.18. The Kier molecular flexibility index (Phi) is 16.8. The number of aliphatic carboxylic acids is 2. The molecule has 3 rings (SSSR count). The first kappa shape index (κ1) is 46.0. The SMILES string of the molecule is NCCCC[C@H](N)C(=O)Nc1cc(C#Cc2c(F)c(F)nc(F)c2F)cc(C#Cc2c(F)c(F)nc(F)c2F)c1.O=C(O)C(F)(F)F.O=C(O)C(F)(F)F. The van der Waals surface area contributed by atoms with Gasteiger partial charge in [0.1, 0.15) is 11.1 Å². The Morgan fingerprint density at radius 1 is 0.648 bits per heavy atom. The Hall–Kier alpha value is -6.01. The highest BCUT2D eigenvalue weighted by atomic mass is 19.4. The Balaban J connectivity index is 0.000000879. The van der Waals surface area contributed by atoms with Gasteiger partial charge in [-0.25, -0.2) is 27.2 Å². The number of halogens is 14. The van der Waals surface area contributed by atoms with Gasteiger partial charge in [-0.05, 0) is 37.6 Å². The number of benzene rings is 1. The van der Waals surface area contributed by atoms with Crippen molar-refractivity contribution in [2.24, 2.45) is 11.5 Å². The maximum Gasteiger partial charge on any atom is 0.490 e. The van der Waals surface area contributed by atoms with Crippen molar-refractivity contribution in [1.29, 1.82) is 0 Å². The van der Waals surface area contributed by atoms with Gasteiger partial charge in [0.25, 0.3) is 23.8 Å². The monoisotopic (exact) mass is 795 g/mol. The lowest BCUT2D eigenvalue weighted by Crippen LogP contribution is -2.35. The molecule has 0 aliphatic carbocycles. The first-order chi connectivity index (χ1) is 24.8. The zero-order chi connectivity index (χ0) is 41.7. The van der Waals surface area contributed by atoms with Gasteiger partial charge in [-0.2, -0.15) is 53.9 Å². The molecule has 292 valence electrons. The number of alkyl halides is 6. The second-order valence-corrected chi connectivity index (χ2v) is 9.68. The smallest absolute Gasteiger partial charge is 0.475 e. The number of aromatic nitrogens is 2. The number of anilines is 1. The summed E-state index contributed by atoms with van der Waals surface area (Å²) in [6.07, 6.45) is -8.75. The van der Waals surface area contributed by atoms with Crippen LogP contribution in [0.4, 0.5) is 67.2 Å². The largest absolute Gasteiger partial charge is 0.490 e. The average molecular weight is 795 g/mol. The van der Waals surface area contributed by atoms with Crippen molar-refractivity contribution in [2.75, 3.05) is 11.9 Å². The van der Waals surface area contributed by atoms with Crippen LogP contribution in [0.15, 0.2) is 18.2 Å². The molecular weight excluding hydrogens is 776 g/mol. The number of carbonyl (C=O) groups excluding carboxylic acids is 1. The lowest BCUT2D eigenvalue weighted by molar-refractivity contribution is -0.193. The third-order valence-corrected chi connectivity index (χ3v) is 5.65. The van der Waals surface area contributed by atoms with Gasteiger partial charge in [-0.15, -0.1) is 0 Å². The number of nitrogens with zero attached hydrogens (tertiary/aromatic N) is 2. The molecule has 0 aliphatic rings. The number of unbranched alkanes of at least 4 members (excludes halogenated alkanes) is 1. The highest BCUT2D eigenvalue weighted by molar-refractivity contribution is 5.95. The molecule has 0 radical (unpaired) electrons. The van der Waals surface area contributed by atoms with Crippen LogP contribution in [0.3, 0.4) is 0 Å². The number of hydrogen-bond acceptors (Lipinski definition) is 7. The first-order valence-electron chi connectivity index (χ1n) is 13.8. The number of nitrogens with one attached hydrogen (secondary N) is 1. The molecule has 3 aromatic rings. The van der Waals surface area contributed by atoms with Crippen LogP contribution in [0, 0.1) is 70.7 Å². The summed E-state index contributed by atoms with van der Waals surface area (Å²) in [7, 11) is 0. The van der Waals surface area contributed by atoms with Gasteiger partial charge in [0, 0.05) is 16.8 Å². The zero-order valence-electron chi connectivity index (χ0n) is 26.1. The van der Waals surface area contributed by atoms with Crippen LogP contribution in [0.5, 0.6) is 0 Å². The van der Waals surface area contributed by atoms with E-state index in [-0.39, 0.29) is 23.2 Å². The predicted molar refractivity (Wildman–Crippen MR) is 153 cm³/mol. The van der Waals surface area contributed by atoms with Crippen molar-refractivity contribution < 1.29 is 86.1 Å². The number of nitrogens with two attached hydrogens (primary N) is 2. The summed E-state index contributed by atoms with van der Waals surface area (Å²) in [6, 6.07) is 2.44. The molecule has 0 saturated heterocycles. The van der Waals surface area contributed by atoms with E-state index in [2.05, 4.69) is 27.1 Å². The number of amides is 1. The third-order valence-electron chi connectivity index (χ3n) is 5.65. The molecule has 54 heavy (non-hydrogen) atoms. The molecule has 1 atom stereocenters. The maximum absolute atomic E-state index is 14.0. The minimum Gasteiger partial charge on any atom is -0.475 e. The van der Waals surface area contributed by atoms with Gasteiger partial charge in [-0.3, -0.25) is 4.79 Å². The van der Waals surface area contributed by atoms with Crippen LogP contribution >= 0.6 is 0 Å². The van der Waals surface area contributed by atoms with E-state index >= 15 is 0 Å². The molecule has 7 N–H and O–H groups in total. The molecule has 2 heterocycles. The van der Waals surface area contributed by atoms with Gasteiger partial charge in [-0.1, -0.05) is 30.1 Å². The predicted octanol–water partition coefficient (Wildman–Crippen LogP) is 5.05. The average Bonchev–Trinajstić information content (AvgIpc) is 3.06. The van der Waals surface area contributed by atoms with Crippen molar-refractivity contribution in [2.45, 2.75) is 37.7 Å². The number of rotatable bonds is 6. The van der Waals surface area contributed by atoms with Crippen molar-refractivity contribution in [3.8, 4) is 23.7 Å². The van der Waals surface area contributed by atoms with Gasteiger partial charge >= 0.3 is 24.3 Å². The first-order valence-corrected chi connectivity index (χ1v) is 13.8. The molecule has 0 bridgehead atoms. The lowest BCUT2D eigenvalue weighted by Gasteiger charge is -2.12. The van der Waals surface area contributed by atoms with Crippen molar-refractivity contribution in [3.63, 3.8) is 0 Å². The number of hydrogen-bond donors (Lipinski definition) is 5. The number of pyridine rings is 2. The molecule has 1 amide bonds. The van der Waals surface area contributed by atoms with Crippen LogP contribution < -0.4 is 16.8 Å². The molecule has 2 aromatic heterocycles. The third kappa shape index (κ3) is 14.2. The molecule has 1 aromatic carbocycles. The number of carboxylic acids is 2. The molecule has 0 spiro atoms. The van der Waals surface area contributed by atoms with Crippen LogP contribution in [0.1, 0.15) is 41.5 Å². The molecule has 0 saturated carbocycles. The standard InChI is InChI=1S/C26H17F8N5O.2C2HF3O2/c27-18-15(19(28)23(32)38-22(18)31)6-4-12-9-13(5-7-16-20(29)24(33)39-25(34)21(16)30)11-14(10-12)37-26(40)17(36)3-1-2-8-35;2*3-2(4,5)1(6)7/h9-11,17H,1-3,8,35-36H2,(H,37,40);2*(H,6,7)/t17-;;/m0../s1. The highest BCUT2D eigenvalue weighted by Gasteiger charge is 2.39. The van der Waals surface area contributed by atoms with E-state index in [0.29, 0.717) is 19.4 Å². The van der Waals surface area contributed by atoms with E-state index in [1.807, 2.05) is 11.8 Å². The summed E-state index contributed by atoms with van der Waals surface area (Å²) in [5, 5.41) is 16.7. The molecule has 0 fully saturated rings. The minimum absolute atomic E-state index is 0.0589. The van der Waals surface area contributed by atoms with Gasteiger partial charge < -0.3 is 27.0 Å². The second kappa shape index (κ2) is 19.7. The summed E-state index contributed by atoms with van der Waals surface area (Å²) in [6.45, 7) is 0.385. The molecule has 24 heteroatoms. The minimum atomic E-state index is -5.08. The van der Waals surface area contributed by atoms with Gasteiger partial charge in [0.2, 0.25) is 5.91 Å². The van der Waals surface area contributed by atoms with Crippen LogP contribution in [0.25, 0.3) is 0 Å². The van der Waals surface area contributed by atoms with E-state index in [0.717, 1.165) is 6.07 Å². The van der Waals surface area contributed by atoms with Crippen LogP contribution in [0.2, 0.25) is 0 Å². The second-order valence-electron chi connectivity index (χ2n) is 9.68. The van der Waals surface area contributed by atoms with E-state index in [9.17, 15) is 66.3 Å². The Morgan fingerprint density at radius 3 is 1.28 bits per heavy atom. The summed E-state index contributed by atoms with van der Waals surface area (Å²) in [4.78, 5) is 35.1. The normalized spacial score (nSPS) is 11.3. The fourth-order valence-electron chi connectivity index (χ4n) is 3.18. The van der Waals surface area contributed by atoms with E-state index < -0.39 is 94.4 Å². The molecule has 10 nitrogen and oxygen atoms in total. The summed E-state index contributed by atoms with van der Waals surface area (Å²) >= 11 is 0. The summed E-state index contributed by atoms with van der Waals surface area (Å²) in [5.74, 6) is -13.2. The summed E-state index contributed by atoms with van der Waals surface area (Å²) in [5.41, 5.74) is 8.29. The Labute approximate surface area is 292 Å². The topological polar surface area (TPSA) is 182 Å². The lowest BCUT2D eigenvalue weighted by atomic mass is 10.1. The van der Waals surface area contributed by atoms with E-state index in [4.69, 9.17) is 31.3 Å².